The number of benzene rings is 2. The smallest absolute Gasteiger partial charge is 0.416 e. The van der Waals surface area contributed by atoms with Gasteiger partial charge in [-0.1, -0.05) is 12.1 Å². The Morgan fingerprint density at radius 1 is 0.881 bits per heavy atom. The van der Waals surface area contributed by atoms with Crippen molar-refractivity contribution in [3.63, 3.8) is 0 Å². The standard InChI is InChI=1S/C29H33F6N3O3.ClH/c1-18(39)37-11-8-23(9-12-37)38-13-10-26(25(17-38)19-4-6-24(41-3)7-5-19)36(2)27(40)20-14-21(28(30,31)32)16-22(15-20)29(33,34)35;/h4-7,14-16,23,25-26H,8-13,17H2,1-3H3;1H. The maximum atomic E-state index is 13.5. The van der Waals surface area contributed by atoms with Crippen LogP contribution in [0.25, 0.3) is 0 Å². The van der Waals surface area contributed by atoms with Crippen LogP contribution in [0.5, 0.6) is 5.75 Å². The van der Waals surface area contributed by atoms with Crippen LogP contribution in [-0.4, -0.2) is 78.9 Å². The average molecular weight is 622 g/mol. The van der Waals surface area contributed by atoms with E-state index < -0.39 is 41.0 Å². The lowest BCUT2D eigenvalue weighted by atomic mass is 9.83. The summed E-state index contributed by atoms with van der Waals surface area (Å²) < 4.78 is 86.0. The van der Waals surface area contributed by atoms with Crippen molar-refractivity contribution in [2.24, 2.45) is 0 Å². The number of likely N-dealkylation sites (N-methyl/N-ethyl adjacent to an activating group) is 1. The van der Waals surface area contributed by atoms with E-state index in [1.54, 1.807) is 24.0 Å². The first-order chi connectivity index (χ1) is 19.2. The van der Waals surface area contributed by atoms with Gasteiger partial charge in [-0.2, -0.15) is 26.3 Å². The second-order valence-corrected chi connectivity index (χ2v) is 10.7. The highest BCUT2D eigenvalue weighted by molar-refractivity contribution is 5.95. The first-order valence-electron chi connectivity index (χ1n) is 13.4. The van der Waals surface area contributed by atoms with Gasteiger partial charge < -0.3 is 14.5 Å². The molecule has 4 rings (SSSR count). The molecule has 0 bridgehead atoms. The van der Waals surface area contributed by atoms with Crippen molar-refractivity contribution in [3.05, 3.63) is 64.7 Å². The number of hydrogen-bond acceptors (Lipinski definition) is 4. The van der Waals surface area contributed by atoms with Crippen molar-refractivity contribution < 1.29 is 40.7 Å². The van der Waals surface area contributed by atoms with Gasteiger partial charge in [-0.05, 0) is 55.2 Å². The predicted molar refractivity (Wildman–Crippen MR) is 147 cm³/mol. The van der Waals surface area contributed by atoms with E-state index in [1.807, 2.05) is 12.1 Å². The van der Waals surface area contributed by atoms with Crippen molar-refractivity contribution >= 4 is 24.2 Å². The average Bonchev–Trinajstić information content (AvgIpc) is 2.95. The number of halogens is 7. The molecule has 2 heterocycles. The van der Waals surface area contributed by atoms with Crippen LogP contribution in [0.15, 0.2) is 42.5 Å². The maximum Gasteiger partial charge on any atom is 0.416 e. The summed E-state index contributed by atoms with van der Waals surface area (Å²) in [4.78, 5) is 30.6. The number of likely N-dealkylation sites (tertiary alicyclic amines) is 2. The van der Waals surface area contributed by atoms with Crippen molar-refractivity contribution in [3.8, 4) is 5.75 Å². The van der Waals surface area contributed by atoms with E-state index in [9.17, 15) is 35.9 Å². The maximum absolute atomic E-state index is 13.5. The van der Waals surface area contributed by atoms with Crippen LogP contribution < -0.4 is 4.74 Å². The Morgan fingerprint density at radius 3 is 1.90 bits per heavy atom. The number of methoxy groups -OCH3 is 1. The minimum Gasteiger partial charge on any atom is -0.497 e. The van der Waals surface area contributed by atoms with E-state index in [0.29, 0.717) is 50.5 Å². The van der Waals surface area contributed by atoms with Crippen LogP contribution in [0, 0.1) is 0 Å². The van der Waals surface area contributed by atoms with Gasteiger partial charge in [0.1, 0.15) is 5.75 Å². The molecule has 0 aromatic heterocycles. The van der Waals surface area contributed by atoms with E-state index in [0.717, 1.165) is 18.4 Å². The number of alkyl halides is 6. The van der Waals surface area contributed by atoms with Gasteiger partial charge >= 0.3 is 12.4 Å². The van der Waals surface area contributed by atoms with E-state index >= 15 is 0 Å². The highest BCUT2D eigenvalue weighted by atomic mass is 35.5. The summed E-state index contributed by atoms with van der Waals surface area (Å²) in [6.45, 7) is 3.96. The molecule has 2 amide bonds. The molecule has 2 unspecified atom stereocenters. The van der Waals surface area contributed by atoms with Gasteiger partial charge in [-0.25, -0.2) is 0 Å². The number of carbonyl (C=O) groups is 2. The van der Waals surface area contributed by atoms with Crippen LogP contribution >= 0.6 is 12.4 Å². The second kappa shape index (κ2) is 13.1. The quantitative estimate of drug-likeness (QED) is 0.379. The lowest BCUT2D eigenvalue weighted by molar-refractivity contribution is -0.143. The summed E-state index contributed by atoms with van der Waals surface area (Å²) in [7, 11) is 2.96. The van der Waals surface area contributed by atoms with E-state index in [-0.39, 0.29) is 36.3 Å². The molecule has 42 heavy (non-hydrogen) atoms. The molecule has 0 radical (unpaired) electrons. The number of hydrogen-bond donors (Lipinski definition) is 0. The van der Waals surface area contributed by atoms with Gasteiger partial charge in [0.05, 0.1) is 18.2 Å². The third-order valence-corrected chi connectivity index (χ3v) is 8.23. The molecule has 2 aromatic carbocycles. The second-order valence-electron chi connectivity index (χ2n) is 10.7. The minimum atomic E-state index is -5.05. The number of rotatable bonds is 5. The fourth-order valence-electron chi connectivity index (χ4n) is 5.92. The van der Waals surface area contributed by atoms with Crippen molar-refractivity contribution in [2.45, 2.75) is 56.5 Å². The van der Waals surface area contributed by atoms with Gasteiger partial charge in [-0.15, -0.1) is 12.4 Å². The van der Waals surface area contributed by atoms with Gasteiger partial charge in [-0.3, -0.25) is 14.5 Å². The molecule has 6 nitrogen and oxygen atoms in total. The van der Waals surface area contributed by atoms with Gasteiger partial charge in [0.15, 0.2) is 0 Å². The number of amides is 2. The molecule has 0 saturated carbocycles. The summed E-state index contributed by atoms with van der Waals surface area (Å²) in [6.07, 6.45) is -8.05. The van der Waals surface area contributed by atoms with E-state index in [4.69, 9.17) is 4.74 Å². The molecule has 2 atom stereocenters. The lowest BCUT2D eigenvalue weighted by Crippen LogP contribution is -2.55. The van der Waals surface area contributed by atoms with Gasteiger partial charge in [0.2, 0.25) is 5.91 Å². The Bertz CT molecular complexity index is 1210. The Labute approximate surface area is 247 Å². The number of ether oxygens (including phenoxy) is 1. The lowest BCUT2D eigenvalue weighted by Gasteiger charge is -2.47. The Morgan fingerprint density at radius 2 is 1.43 bits per heavy atom. The molecule has 13 heteroatoms. The normalized spacial score (nSPS) is 20.5. The van der Waals surface area contributed by atoms with Gasteiger partial charge in [0, 0.05) is 63.7 Å². The topological polar surface area (TPSA) is 53.1 Å². The minimum absolute atomic E-state index is 0. The van der Waals surface area contributed by atoms with Crippen LogP contribution in [-0.2, 0) is 17.1 Å². The molecular weight excluding hydrogens is 588 g/mol. The highest BCUT2D eigenvalue weighted by Crippen LogP contribution is 2.38. The fraction of sp³-hybridized carbons (Fsp3) is 0.517. The van der Waals surface area contributed by atoms with Crippen molar-refractivity contribution in [2.75, 3.05) is 40.3 Å². The van der Waals surface area contributed by atoms with Crippen molar-refractivity contribution in [1.82, 2.24) is 14.7 Å². The zero-order valence-electron chi connectivity index (χ0n) is 23.5. The molecule has 2 aliphatic rings. The Balaban J connectivity index is 0.00000484. The first-order valence-corrected chi connectivity index (χ1v) is 13.4. The number of nitrogens with zero attached hydrogens (tertiary/aromatic N) is 3. The molecular formula is C29H34ClF6N3O3. The van der Waals surface area contributed by atoms with Crippen LogP contribution in [0.2, 0.25) is 0 Å². The highest BCUT2D eigenvalue weighted by Gasteiger charge is 2.41. The monoisotopic (exact) mass is 621 g/mol. The van der Waals surface area contributed by atoms with Crippen LogP contribution in [0.3, 0.4) is 0 Å². The molecule has 232 valence electrons. The molecule has 2 fully saturated rings. The van der Waals surface area contributed by atoms with E-state index in [1.165, 1.54) is 19.1 Å². The van der Waals surface area contributed by atoms with Gasteiger partial charge in [0.25, 0.3) is 5.91 Å². The van der Waals surface area contributed by atoms with E-state index in [2.05, 4.69) is 4.90 Å². The molecule has 0 spiro atoms. The number of carbonyl (C=O) groups excluding carboxylic acids is 2. The summed E-state index contributed by atoms with van der Waals surface area (Å²) in [5.41, 5.74) is -2.84. The molecule has 2 aromatic rings. The third-order valence-electron chi connectivity index (χ3n) is 8.23. The summed E-state index contributed by atoms with van der Waals surface area (Å²) in [5.74, 6) is -0.514. The Hall–Kier alpha value is -2.99. The third kappa shape index (κ3) is 7.50. The molecule has 2 saturated heterocycles. The van der Waals surface area contributed by atoms with Crippen LogP contribution in [0.4, 0.5) is 26.3 Å². The summed E-state index contributed by atoms with van der Waals surface area (Å²) >= 11 is 0. The van der Waals surface area contributed by atoms with Crippen LogP contribution in [0.1, 0.15) is 59.2 Å². The molecule has 0 N–H and O–H groups in total. The first kappa shape index (κ1) is 33.5. The summed E-state index contributed by atoms with van der Waals surface area (Å²) in [5, 5.41) is 0. The summed E-state index contributed by atoms with van der Waals surface area (Å²) in [6, 6.07) is 8.00. The SMILES string of the molecule is COc1ccc(C2CN(C3CCN(C(C)=O)CC3)CCC2N(C)C(=O)c2cc(C(F)(F)F)cc(C(F)(F)F)c2)cc1.Cl. The largest absolute Gasteiger partial charge is 0.497 e. The fourth-order valence-corrected chi connectivity index (χ4v) is 5.92. The predicted octanol–water partition coefficient (Wildman–Crippen LogP) is 6.10. The zero-order valence-corrected chi connectivity index (χ0v) is 24.3. The van der Waals surface area contributed by atoms with Crippen molar-refractivity contribution in [1.29, 1.82) is 0 Å². The molecule has 2 aliphatic heterocycles. The zero-order chi connectivity index (χ0) is 30.1. The number of piperidine rings is 2. The Kier molecular flexibility index (Phi) is 10.5. The molecule has 0 aliphatic carbocycles.